The Balaban J connectivity index is 3.26. The summed E-state index contributed by atoms with van der Waals surface area (Å²) in [6.45, 7) is 1.07. The van der Waals surface area contributed by atoms with Crippen LogP contribution in [-0.2, 0) is 10.0 Å². The summed E-state index contributed by atoms with van der Waals surface area (Å²) >= 11 is 0.477. The number of nitrogens with zero attached hydrogens (tertiary/aromatic N) is 2. The summed E-state index contributed by atoms with van der Waals surface area (Å²) in [6, 6.07) is 0. The fraction of sp³-hybridized carbons (Fsp3) is 0.600. The maximum absolute atomic E-state index is 12.6. The Morgan fingerprint density at radius 2 is 2.05 bits per heavy atom. The van der Waals surface area contributed by atoms with Crippen molar-refractivity contribution in [3.05, 3.63) is 11.2 Å². The second-order valence-corrected chi connectivity index (χ2v) is 7.59. The second kappa shape index (κ2) is 6.28. The molecule has 0 aromatic carbocycles. The van der Waals surface area contributed by atoms with E-state index >= 15 is 0 Å². The topological polar surface area (TPSA) is 87.6 Å². The largest absolute Gasteiger partial charge is 0.476 e. The highest BCUT2D eigenvalue weighted by Gasteiger charge is 2.39. The smallest absolute Gasteiger partial charge is 0.402 e. The summed E-state index contributed by atoms with van der Waals surface area (Å²) in [7, 11) is -4.57. The lowest BCUT2D eigenvalue weighted by Crippen LogP contribution is -2.41. The van der Waals surface area contributed by atoms with Gasteiger partial charge in [-0.15, -0.1) is 11.3 Å². The molecule has 0 radical (unpaired) electrons. The van der Waals surface area contributed by atoms with Gasteiger partial charge in [0.2, 0.25) is 0 Å². The molecule has 1 rings (SSSR count). The predicted molar refractivity (Wildman–Crippen MR) is 68.7 cm³/mol. The first-order chi connectivity index (χ1) is 9.45. The fourth-order valence-electron chi connectivity index (χ4n) is 1.53. The SMILES string of the molecule is CC(C)CN(CC(F)(F)F)S(=O)(=O)c1scnc1C(=O)O. The minimum absolute atomic E-state index is 0.234. The van der Waals surface area contributed by atoms with Gasteiger partial charge in [-0.1, -0.05) is 13.8 Å². The number of hydrogen-bond donors (Lipinski definition) is 1. The zero-order chi connectivity index (χ0) is 16.4. The van der Waals surface area contributed by atoms with Crippen LogP contribution in [-0.4, -0.2) is 48.0 Å². The molecular weight excluding hydrogens is 333 g/mol. The van der Waals surface area contributed by atoms with Crippen LogP contribution in [0.25, 0.3) is 0 Å². The third-order valence-electron chi connectivity index (χ3n) is 2.24. The lowest BCUT2D eigenvalue weighted by atomic mass is 10.2. The molecule has 0 saturated carbocycles. The quantitative estimate of drug-likeness (QED) is 0.852. The monoisotopic (exact) mass is 346 g/mol. The van der Waals surface area contributed by atoms with Crippen molar-refractivity contribution in [1.82, 2.24) is 9.29 Å². The zero-order valence-electron chi connectivity index (χ0n) is 11.1. The van der Waals surface area contributed by atoms with E-state index in [0.29, 0.717) is 11.3 Å². The molecule has 0 saturated heterocycles. The van der Waals surface area contributed by atoms with E-state index in [1.165, 1.54) is 0 Å². The van der Waals surface area contributed by atoms with Crippen LogP contribution in [0.4, 0.5) is 13.2 Å². The molecule has 0 unspecified atom stereocenters. The molecule has 0 atom stereocenters. The van der Waals surface area contributed by atoms with E-state index in [-0.39, 0.29) is 16.8 Å². The highest BCUT2D eigenvalue weighted by Crippen LogP contribution is 2.28. The van der Waals surface area contributed by atoms with Gasteiger partial charge in [0.15, 0.2) is 9.90 Å². The first-order valence-electron chi connectivity index (χ1n) is 5.69. The van der Waals surface area contributed by atoms with Gasteiger partial charge in [0.1, 0.15) is 6.54 Å². The number of alkyl halides is 3. The average Bonchev–Trinajstić information content (AvgIpc) is 2.74. The van der Waals surface area contributed by atoms with Crippen LogP contribution < -0.4 is 0 Å². The second-order valence-electron chi connectivity index (χ2n) is 4.60. The Kier molecular flexibility index (Phi) is 5.34. The predicted octanol–water partition coefficient (Wildman–Crippen LogP) is 2.05. The Morgan fingerprint density at radius 3 is 2.48 bits per heavy atom. The number of sulfonamides is 1. The van der Waals surface area contributed by atoms with Gasteiger partial charge in [0, 0.05) is 6.54 Å². The fourth-order valence-corrected chi connectivity index (χ4v) is 4.40. The summed E-state index contributed by atoms with van der Waals surface area (Å²) in [6.07, 6.45) is -4.73. The number of aromatic carboxylic acids is 1. The van der Waals surface area contributed by atoms with E-state index in [2.05, 4.69) is 4.98 Å². The molecule has 0 spiro atoms. The van der Waals surface area contributed by atoms with E-state index in [1.807, 2.05) is 0 Å². The maximum atomic E-state index is 12.6. The Labute approximate surface area is 123 Å². The molecule has 11 heteroatoms. The van der Waals surface area contributed by atoms with E-state index < -0.39 is 38.6 Å². The summed E-state index contributed by atoms with van der Waals surface area (Å²) in [5.74, 6) is -1.96. The highest BCUT2D eigenvalue weighted by atomic mass is 32.2. The van der Waals surface area contributed by atoms with Crippen molar-refractivity contribution in [3.8, 4) is 0 Å². The molecule has 0 aliphatic heterocycles. The normalized spacial score (nSPS) is 13.1. The first-order valence-corrected chi connectivity index (χ1v) is 8.01. The summed E-state index contributed by atoms with van der Waals surface area (Å²) < 4.78 is 61.7. The Morgan fingerprint density at radius 1 is 1.48 bits per heavy atom. The lowest BCUT2D eigenvalue weighted by molar-refractivity contribution is -0.136. The van der Waals surface area contributed by atoms with Crippen LogP contribution in [0.3, 0.4) is 0 Å². The molecule has 1 aromatic heterocycles. The van der Waals surface area contributed by atoms with E-state index in [0.717, 1.165) is 5.51 Å². The summed E-state index contributed by atoms with van der Waals surface area (Å²) in [4.78, 5) is 14.3. The number of halogens is 3. The number of aromatic nitrogens is 1. The lowest BCUT2D eigenvalue weighted by Gasteiger charge is -2.24. The Hall–Kier alpha value is -1.20. The van der Waals surface area contributed by atoms with Crippen molar-refractivity contribution in [1.29, 1.82) is 0 Å². The number of carboxylic acids is 1. The standard InChI is InChI=1S/C10H13F3N2O4S2/c1-6(2)3-15(4-10(11,12)13)21(18,19)9-7(8(16)17)14-5-20-9/h5-6H,3-4H2,1-2H3,(H,16,17). The van der Waals surface area contributed by atoms with Gasteiger partial charge < -0.3 is 5.11 Å². The van der Waals surface area contributed by atoms with Crippen LogP contribution in [0.15, 0.2) is 9.72 Å². The molecule has 0 bridgehead atoms. The van der Waals surface area contributed by atoms with E-state index in [9.17, 15) is 26.4 Å². The summed E-state index contributed by atoms with van der Waals surface area (Å²) in [5, 5.41) is 8.85. The minimum atomic E-state index is -4.73. The Bertz CT molecular complexity index is 610. The molecule has 0 aliphatic rings. The molecule has 0 fully saturated rings. The van der Waals surface area contributed by atoms with E-state index in [4.69, 9.17) is 5.11 Å². The van der Waals surface area contributed by atoms with Crippen LogP contribution >= 0.6 is 11.3 Å². The van der Waals surface area contributed by atoms with Crippen LogP contribution in [0.1, 0.15) is 24.3 Å². The van der Waals surface area contributed by atoms with Gasteiger partial charge >= 0.3 is 12.1 Å². The van der Waals surface area contributed by atoms with Crippen molar-refractivity contribution >= 4 is 27.3 Å². The zero-order valence-corrected chi connectivity index (χ0v) is 12.7. The van der Waals surface area contributed by atoms with Crippen molar-refractivity contribution in [2.45, 2.75) is 24.2 Å². The molecule has 0 aliphatic carbocycles. The van der Waals surface area contributed by atoms with Gasteiger partial charge in [-0.05, 0) is 5.92 Å². The summed E-state index contributed by atoms with van der Waals surface area (Å²) in [5.41, 5.74) is 0.202. The molecule has 0 amide bonds. The minimum Gasteiger partial charge on any atom is -0.476 e. The third kappa shape index (κ3) is 4.64. The molecule has 6 nitrogen and oxygen atoms in total. The average molecular weight is 346 g/mol. The van der Waals surface area contributed by atoms with Crippen molar-refractivity contribution < 1.29 is 31.5 Å². The number of rotatable bonds is 6. The van der Waals surface area contributed by atoms with Gasteiger partial charge in [-0.2, -0.15) is 17.5 Å². The van der Waals surface area contributed by atoms with Crippen molar-refractivity contribution in [2.24, 2.45) is 5.92 Å². The van der Waals surface area contributed by atoms with Gasteiger partial charge in [-0.3, -0.25) is 0 Å². The van der Waals surface area contributed by atoms with Crippen LogP contribution in [0.2, 0.25) is 0 Å². The van der Waals surface area contributed by atoms with Crippen LogP contribution in [0, 0.1) is 5.92 Å². The van der Waals surface area contributed by atoms with Crippen LogP contribution in [0.5, 0.6) is 0 Å². The van der Waals surface area contributed by atoms with Gasteiger partial charge in [0.05, 0.1) is 5.51 Å². The maximum Gasteiger partial charge on any atom is 0.402 e. The van der Waals surface area contributed by atoms with Gasteiger partial charge in [0.25, 0.3) is 10.0 Å². The highest BCUT2D eigenvalue weighted by molar-refractivity contribution is 7.91. The molecule has 1 N–H and O–H groups in total. The molecular formula is C10H13F3N2O4S2. The van der Waals surface area contributed by atoms with E-state index in [1.54, 1.807) is 13.8 Å². The molecule has 120 valence electrons. The van der Waals surface area contributed by atoms with Crippen molar-refractivity contribution in [3.63, 3.8) is 0 Å². The number of carboxylic acid groups (broad SMARTS) is 1. The number of thiazole rings is 1. The molecule has 21 heavy (non-hydrogen) atoms. The molecule has 1 aromatic rings. The van der Waals surface area contributed by atoms with Crippen molar-refractivity contribution in [2.75, 3.05) is 13.1 Å². The number of carbonyl (C=O) groups is 1. The first kappa shape index (κ1) is 17.9. The third-order valence-corrected chi connectivity index (χ3v) is 5.39. The van der Waals surface area contributed by atoms with Gasteiger partial charge in [-0.25, -0.2) is 18.2 Å². The molecule has 1 heterocycles. The number of hydrogen-bond acceptors (Lipinski definition) is 5.